The molecule has 3 rings (SSSR count). The van der Waals surface area contributed by atoms with Gasteiger partial charge in [-0.2, -0.15) is 0 Å². The molecule has 0 bridgehead atoms. The third-order valence-electron chi connectivity index (χ3n) is 4.95. The number of carbonyl (C=O) groups is 1. The summed E-state index contributed by atoms with van der Waals surface area (Å²) < 4.78 is 26.7. The van der Waals surface area contributed by atoms with Gasteiger partial charge in [0.1, 0.15) is 6.61 Å². The van der Waals surface area contributed by atoms with Gasteiger partial charge in [-0.3, -0.25) is 9.36 Å². The number of anilines is 1. The van der Waals surface area contributed by atoms with Crippen molar-refractivity contribution in [3.05, 3.63) is 64.7 Å². The molecule has 0 saturated carbocycles. The van der Waals surface area contributed by atoms with Crippen molar-refractivity contribution >= 4 is 35.0 Å². The highest BCUT2D eigenvalue weighted by Crippen LogP contribution is 2.29. The molecule has 1 aromatic heterocycles. The minimum atomic E-state index is -0.471. The Labute approximate surface area is 201 Å². The first kappa shape index (κ1) is 25.0. The zero-order valence-corrected chi connectivity index (χ0v) is 20.4. The maximum absolute atomic E-state index is 13.9. The topological polar surface area (TPSA) is 78.3 Å². The maximum atomic E-state index is 13.9. The Kier molecular flexibility index (Phi) is 8.71. The van der Waals surface area contributed by atoms with E-state index in [9.17, 15) is 9.18 Å². The van der Waals surface area contributed by atoms with Gasteiger partial charge in [0.25, 0.3) is 0 Å². The second kappa shape index (κ2) is 11.5. The molecule has 0 aliphatic rings. The Balaban J connectivity index is 1.76. The van der Waals surface area contributed by atoms with Crippen molar-refractivity contribution in [2.75, 3.05) is 19.0 Å². The molecule has 1 heterocycles. The number of halogens is 2. The predicted molar refractivity (Wildman–Crippen MR) is 127 cm³/mol. The molecular weight excluding hydrogens is 467 g/mol. The van der Waals surface area contributed by atoms with Crippen LogP contribution in [0.25, 0.3) is 0 Å². The van der Waals surface area contributed by atoms with Crippen LogP contribution in [0, 0.1) is 12.7 Å². The van der Waals surface area contributed by atoms with Gasteiger partial charge in [0.2, 0.25) is 5.91 Å². The van der Waals surface area contributed by atoms with Crippen LogP contribution in [0.15, 0.2) is 47.6 Å². The number of benzene rings is 2. The molecule has 0 saturated heterocycles. The number of nitrogens with zero attached hydrogens (tertiary/aromatic N) is 3. The summed E-state index contributed by atoms with van der Waals surface area (Å²) in [6, 6.07) is 11.4. The summed E-state index contributed by atoms with van der Waals surface area (Å²) in [6.45, 7) is 6.01. The highest BCUT2D eigenvalue weighted by molar-refractivity contribution is 8.00. The highest BCUT2D eigenvalue weighted by Gasteiger charge is 2.24. The van der Waals surface area contributed by atoms with Gasteiger partial charge in [0.05, 0.1) is 17.9 Å². The number of amides is 1. The average Bonchev–Trinajstić information content (AvgIpc) is 3.18. The number of ether oxygens (including phenoxy) is 2. The van der Waals surface area contributed by atoms with Gasteiger partial charge < -0.3 is 14.8 Å². The van der Waals surface area contributed by atoms with Crippen molar-refractivity contribution in [1.82, 2.24) is 14.8 Å². The Morgan fingerprint density at radius 3 is 2.70 bits per heavy atom. The monoisotopic (exact) mass is 492 g/mol. The third-order valence-corrected chi connectivity index (χ3v) is 6.42. The Bertz CT molecular complexity index is 1110. The van der Waals surface area contributed by atoms with Gasteiger partial charge >= 0.3 is 0 Å². The fourth-order valence-electron chi connectivity index (χ4n) is 3.14. The molecule has 2 atom stereocenters. The molecule has 0 radical (unpaired) electrons. The lowest BCUT2D eigenvalue weighted by molar-refractivity contribution is -0.115. The Morgan fingerprint density at radius 1 is 1.21 bits per heavy atom. The van der Waals surface area contributed by atoms with E-state index in [0.717, 1.165) is 5.56 Å². The lowest BCUT2D eigenvalue weighted by Gasteiger charge is -2.19. The molecule has 0 unspecified atom stereocenters. The van der Waals surface area contributed by atoms with Crippen LogP contribution in [0.1, 0.15) is 31.3 Å². The number of methoxy groups -OCH3 is 1. The van der Waals surface area contributed by atoms with Gasteiger partial charge in [0.15, 0.2) is 22.5 Å². The molecule has 0 aliphatic carbocycles. The predicted octanol–water partition coefficient (Wildman–Crippen LogP) is 5.28. The largest absolute Gasteiger partial charge is 0.483 e. The first-order valence-corrected chi connectivity index (χ1v) is 11.6. The van der Waals surface area contributed by atoms with Crippen LogP contribution in [-0.4, -0.2) is 39.6 Å². The third kappa shape index (κ3) is 6.25. The summed E-state index contributed by atoms with van der Waals surface area (Å²) in [7, 11) is 1.60. The van der Waals surface area contributed by atoms with Gasteiger partial charge in [-0.1, -0.05) is 41.6 Å². The van der Waals surface area contributed by atoms with Crippen molar-refractivity contribution < 1.29 is 18.7 Å². The summed E-state index contributed by atoms with van der Waals surface area (Å²) in [6.07, 6.45) is 0. The lowest BCUT2D eigenvalue weighted by atomic mass is 10.2. The molecule has 176 valence electrons. The molecule has 1 amide bonds. The van der Waals surface area contributed by atoms with Gasteiger partial charge in [-0.05, 0) is 50.6 Å². The smallest absolute Gasteiger partial charge is 0.237 e. The van der Waals surface area contributed by atoms with Crippen LogP contribution in [0.5, 0.6) is 5.75 Å². The van der Waals surface area contributed by atoms with Crippen molar-refractivity contribution in [3.63, 3.8) is 0 Å². The van der Waals surface area contributed by atoms with E-state index in [-0.39, 0.29) is 24.3 Å². The number of para-hydroxylation sites is 1. The van der Waals surface area contributed by atoms with Crippen LogP contribution in [0.2, 0.25) is 5.02 Å². The zero-order chi connectivity index (χ0) is 24.0. The van der Waals surface area contributed by atoms with Crippen molar-refractivity contribution in [3.8, 4) is 5.75 Å². The highest BCUT2D eigenvalue weighted by atomic mass is 35.5. The Morgan fingerprint density at radius 2 is 1.97 bits per heavy atom. The summed E-state index contributed by atoms with van der Waals surface area (Å²) in [5.74, 6) is -0.0120. The number of aromatic nitrogens is 3. The minimum Gasteiger partial charge on any atom is -0.483 e. The van der Waals surface area contributed by atoms with Gasteiger partial charge in [-0.25, -0.2) is 4.39 Å². The molecule has 2 aromatic carbocycles. The molecule has 1 N–H and O–H groups in total. The fourth-order valence-corrected chi connectivity index (χ4v) is 4.28. The maximum Gasteiger partial charge on any atom is 0.237 e. The van der Waals surface area contributed by atoms with E-state index < -0.39 is 11.1 Å². The zero-order valence-electron chi connectivity index (χ0n) is 18.8. The van der Waals surface area contributed by atoms with E-state index in [1.165, 1.54) is 17.8 Å². The van der Waals surface area contributed by atoms with Crippen LogP contribution in [0.3, 0.4) is 0 Å². The number of hydrogen-bond acceptors (Lipinski definition) is 6. The summed E-state index contributed by atoms with van der Waals surface area (Å²) in [5, 5.41) is 12.1. The number of hydrogen-bond donors (Lipinski definition) is 1. The fraction of sp³-hybridized carbons (Fsp3) is 0.348. The molecule has 33 heavy (non-hydrogen) atoms. The average molecular weight is 493 g/mol. The SMILES string of the molecule is COC[C@H](C)n1c(COc2ccccc2F)nnc1S[C@H](C)C(=O)Nc1cccc(Cl)c1C. The Hall–Kier alpha value is -2.62. The van der Waals surface area contributed by atoms with Crippen LogP contribution in [0.4, 0.5) is 10.1 Å². The van der Waals surface area contributed by atoms with Gasteiger partial charge in [0, 0.05) is 17.8 Å². The van der Waals surface area contributed by atoms with Crippen molar-refractivity contribution in [1.29, 1.82) is 0 Å². The first-order valence-electron chi connectivity index (χ1n) is 10.3. The molecule has 0 fully saturated rings. The quantitative estimate of drug-likeness (QED) is 0.388. The lowest BCUT2D eigenvalue weighted by Crippen LogP contribution is -2.24. The molecule has 3 aromatic rings. The number of nitrogens with one attached hydrogen (secondary N) is 1. The second-order valence-electron chi connectivity index (χ2n) is 7.45. The van der Waals surface area contributed by atoms with E-state index in [1.807, 2.05) is 18.4 Å². The van der Waals surface area contributed by atoms with E-state index in [2.05, 4.69) is 15.5 Å². The summed E-state index contributed by atoms with van der Waals surface area (Å²) in [4.78, 5) is 12.8. The van der Waals surface area contributed by atoms with Gasteiger partial charge in [-0.15, -0.1) is 10.2 Å². The summed E-state index contributed by atoms with van der Waals surface area (Å²) >= 11 is 7.42. The van der Waals surface area contributed by atoms with Crippen LogP contribution in [-0.2, 0) is 16.1 Å². The molecule has 0 aliphatic heterocycles. The molecule has 0 spiro atoms. The minimum absolute atomic E-state index is 0.0187. The van der Waals surface area contributed by atoms with Crippen molar-refractivity contribution in [2.24, 2.45) is 0 Å². The molecule has 7 nitrogen and oxygen atoms in total. The molecule has 10 heteroatoms. The van der Waals surface area contributed by atoms with E-state index in [1.54, 1.807) is 50.4 Å². The summed E-state index contributed by atoms with van der Waals surface area (Å²) in [5.41, 5.74) is 1.46. The van der Waals surface area contributed by atoms with E-state index in [0.29, 0.717) is 28.3 Å². The number of thioether (sulfide) groups is 1. The number of rotatable bonds is 10. The van der Waals surface area contributed by atoms with E-state index >= 15 is 0 Å². The van der Waals surface area contributed by atoms with E-state index in [4.69, 9.17) is 21.1 Å². The second-order valence-corrected chi connectivity index (χ2v) is 9.17. The first-order chi connectivity index (χ1) is 15.8. The normalized spacial score (nSPS) is 12.9. The van der Waals surface area contributed by atoms with Crippen molar-refractivity contribution in [2.45, 2.75) is 43.8 Å². The van der Waals surface area contributed by atoms with Crippen LogP contribution >= 0.6 is 23.4 Å². The number of carbonyl (C=O) groups excluding carboxylic acids is 1. The standard InChI is InChI=1S/C23H26ClFN4O3S/c1-14(12-31-4)29-21(13-32-20-11-6-5-9-18(20)25)27-28-23(29)33-16(3)22(30)26-19-10-7-8-17(24)15(19)2/h5-11,14,16H,12-13H2,1-4H3,(H,26,30)/t14-,16+/m0/s1. The molecular formula is C23H26ClFN4O3S. The van der Waals surface area contributed by atoms with Crippen LogP contribution < -0.4 is 10.1 Å².